The summed E-state index contributed by atoms with van der Waals surface area (Å²) < 4.78 is 4.99. The van der Waals surface area contributed by atoms with Gasteiger partial charge < -0.3 is 9.84 Å². The van der Waals surface area contributed by atoms with Gasteiger partial charge >= 0.3 is 5.97 Å². The highest BCUT2D eigenvalue weighted by Gasteiger charge is 2.45. The molecule has 0 aromatic rings. The molecule has 1 N–H and O–H groups in total. The van der Waals surface area contributed by atoms with Gasteiger partial charge in [0.2, 0.25) is 0 Å². The van der Waals surface area contributed by atoms with Crippen LogP contribution in [0.1, 0.15) is 53.4 Å². The quantitative estimate of drug-likeness (QED) is 0.619. The molecular formula is C17H28N2O4. The number of esters is 1. The highest BCUT2D eigenvalue weighted by atomic mass is 16.5. The molecule has 1 saturated carbocycles. The van der Waals surface area contributed by atoms with Gasteiger partial charge in [-0.2, -0.15) is 5.10 Å². The Balaban J connectivity index is 2.25. The standard InChI is InChI=1S/C17H28N2O4/c1-5-23-16(22)13-14(20)12(9-17(2,3)4)18-19(15(13)21)10-11-7-6-8-11/h11,13-14,20H,5-10H2,1-4H3. The second-order valence-corrected chi connectivity index (χ2v) is 7.72. The van der Waals surface area contributed by atoms with E-state index in [-0.39, 0.29) is 12.0 Å². The number of aliphatic hydroxyl groups excluding tert-OH is 1. The maximum Gasteiger partial charge on any atom is 0.321 e. The van der Waals surface area contributed by atoms with E-state index in [0.717, 1.165) is 12.8 Å². The molecule has 23 heavy (non-hydrogen) atoms. The minimum absolute atomic E-state index is 0.0957. The first-order valence-electron chi connectivity index (χ1n) is 8.46. The van der Waals surface area contributed by atoms with Crippen molar-refractivity contribution in [1.82, 2.24) is 5.01 Å². The zero-order valence-electron chi connectivity index (χ0n) is 14.5. The number of hydrogen-bond donors (Lipinski definition) is 1. The van der Waals surface area contributed by atoms with Crippen LogP contribution in [0.4, 0.5) is 0 Å². The molecule has 1 amide bonds. The van der Waals surface area contributed by atoms with Crippen molar-refractivity contribution in [2.24, 2.45) is 22.4 Å². The summed E-state index contributed by atoms with van der Waals surface area (Å²) >= 11 is 0. The van der Waals surface area contributed by atoms with Gasteiger partial charge in [-0.05, 0) is 37.5 Å². The highest BCUT2D eigenvalue weighted by molar-refractivity contribution is 6.07. The fraction of sp³-hybridized carbons (Fsp3) is 0.824. The van der Waals surface area contributed by atoms with Crippen LogP contribution in [0.3, 0.4) is 0 Å². The van der Waals surface area contributed by atoms with Crippen molar-refractivity contribution in [3.05, 3.63) is 0 Å². The Labute approximate surface area is 137 Å². The molecule has 0 aromatic carbocycles. The van der Waals surface area contributed by atoms with Gasteiger partial charge in [-0.3, -0.25) is 9.59 Å². The van der Waals surface area contributed by atoms with Crippen LogP contribution in [-0.4, -0.2) is 47.0 Å². The molecule has 130 valence electrons. The molecule has 2 rings (SSSR count). The van der Waals surface area contributed by atoms with Crippen LogP contribution in [0.2, 0.25) is 0 Å². The Morgan fingerprint density at radius 2 is 2.04 bits per heavy atom. The monoisotopic (exact) mass is 324 g/mol. The summed E-state index contributed by atoms with van der Waals surface area (Å²) in [6.07, 6.45) is 2.67. The van der Waals surface area contributed by atoms with E-state index in [1.807, 2.05) is 20.8 Å². The summed E-state index contributed by atoms with van der Waals surface area (Å²) in [5, 5.41) is 16.3. The zero-order chi connectivity index (χ0) is 17.2. The second-order valence-electron chi connectivity index (χ2n) is 7.72. The number of nitrogens with zero attached hydrogens (tertiary/aromatic N) is 2. The zero-order valence-corrected chi connectivity index (χ0v) is 14.5. The van der Waals surface area contributed by atoms with Crippen LogP contribution in [0.15, 0.2) is 5.10 Å². The lowest BCUT2D eigenvalue weighted by molar-refractivity contribution is -0.160. The van der Waals surface area contributed by atoms with Gasteiger partial charge in [-0.1, -0.05) is 27.2 Å². The first kappa shape index (κ1) is 17.9. The fourth-order valence-electron chi connectivity index (χ4n) is 2.95. The van der Waals surface area contributed by atoms with Crippen LogP contribution in [-0.2, 0) is 14.3 Å². The minimum atomic E-state index is -1.20. The Kier molecular flexibility index (Phi) is 5.45. The van der Waals surface area contributed by atoms with E-state index in [2.05, 4.69) is 5.10 Å². The SMILES string of the molecule is CCOC(=O)C1C(=O)N(CC2CCC2)N=C(CC(C)(C)C)C1O. The molecule has 6 nitrogen and oxygen atoms in total. The van der Waals surface area contributed by atoms with Crippen molar-refractivity contribution in [3.63, 3.8) is 0 Å². The van der Waals surface area contributed by atoms with E-state index in [1.54, 1.807) is 6.92 Å². The number of aliphatic hydroxyl groups is 1. The molecule has 1 fully saturated rings. The Morgan fingerprint density at radius 3 is 2.52 bits per heavy atom. The molecule has 0 radical (unpaired) electrons. The summed E-state index contributed by atoms with van der Waals surface area (Å²) in [4.78, 5) is 24.8. The smallest absolute Gasteiger partial charge is 0.321 e. The molecule has 2 aliphatic rings. The molecule has 0 bridgehead atoms. The lowest BCUT2D eigenvalue weighted by atomic mass is 9.83. The van der Waals surface area contributed by atoms with Crippen molar-refractivity contribution in [3.8, 4) is 0 Å². The largest absolute Gasteiger partial charge is 0.465 e. The third-order valence-electron chi connectivity index (χ3n) is 4.33. The molecule has 0 aromatic heterocycles. The summed E-state index contributed by atoms with van der Waals surface area (Å²) in [5.74, 6) is -1.85. The number of hydrogen-bond acceptors (Lipinski definition) is 5. The highest BCUT2D eigenvalue weighted by Crippen LogP contribution is 2.31. The summed E-state index contributed by atoms with van der Waals surface area (Å²) in [6.45, 7) is 8.50. The average molecular weight is 324 g/mol. The van der Waals surface area contributed by atoms with Crippen LogP contribution >= 0.6 is 0 Å². The predicted molar refractivity (Wildman–Crippen MR) is 86.7 cm³/mol. The average Bonchev–Trinajstić information content (AvgIpc) is 2.37. The molecular weight excluding hydrogens is 296 g/mol. The van der Waals surface area contributed by atoms with Gasteiger partial charge in [-0.15, -0.1) is 0 Å². The molecule has 2 atom stereocenters. The first-order valence-corrected chi connectivity index (χ1v) is 8.46. The number of hydrazone groups is 1. The number of carbonyl (C=O) groups excluding carboxylic acids is 2. The Hall–Kier alpha value is -1.43. The molecule has 2 unspecified atom stereocenters. The molecule has 0 spiro atoms. The van der Waals surface area contributed by atoms with Crippen molar-refractivity contribution >= 4 is 17.6 Å². The number of ether oxygens (including phenoxy) is 1. The Morgan fingerprint density at radius 1 is 1.39 bits per heavy atom. The Bertz CT molecular complexity index is 491. The molecule has 0 saturated heterocycles. The normalized spacial score (nSPS) is 25.9. The van der Waals surface area contributed by atoms with Crippen molar-refractivity contribution in [2.45, 2.75) is 59.5 Å². The van der Waals surface area contributed by atoms with E-state index in [0.29, 0.717) is 24.6 Å². The maximum atomic E-state index is 12.6. The van der Waals surface area contributed by atoms with E-state index >= 15 is 0 Å². The fourth-order valence-corrected chi connectivity index (χ4v) is 2.95. The van der Waals surface area contributed by atoms with Gasteiger partial charge in [0.05, 0.1) is 12.3 Å². The third kappa shape index (κ3) is 4.31. The first-order chi connectivity index (χ1) is 10.7. The number of rotatable bonds is 5. The summed E-state index contributed by atoms with van der Waals surface area (Å²) in [5.41, 5.74) is 0.399. The lowest BCUT2D eigenvalue weighted by Crippen LogP contribution is -2.53. The molecule has 1 aliphatic carbocycles. The van der Waals surface area contributed by atoms with E-state index in [1.165, 1.54) is 11.4 Å². The molecule has 1 heterocycles. The molecule has 1 aliphatic heterocycles. The number of carbonyl (C=O) groups is 2. The topological polar surface area (TPSA) is 79.2 Å². The third-order valence-corrected chi connectivity index (χ3v) is 4.33. The van der Waals surface area contributed by atoms with Crippen LogP contribution < -0.4 is 0 Å². The van der Waals surface area contributed by atoms with E-state index < -0.39 is 23.9 Å². The second kappa shape index (κ2) is 6.99. The van der Waals surface area contributed by atoms with Crippen LogP contribution in [0.5, 0.6) is 0 Å². The van der Waals surface area contributed by atoms with Crippen molar-refractivity contribution < 1.29 is 19.4 Å². The predicted octanol–water partition coefficient (Wildman–Crippen LogP) is 1.96. The van der Waals surface area contributed by atoms with Gasteiger partial charge in [0.25, 0.3) is 5.91 Å². The van der Waals surface area contributed by atoms with Gasteiger partial charge in [0.15, 0.2) is 5.92 Å². The lowest BCUT2D eigenvalue weighted by Gasteiger charge is -2.37. The van der Waals surface area contributed by atoms with Gasteiger partial charge in [0.1, 0.15) is 6.10 Å². The van der Waals surface area contributed by atoms with E-state index in [4.69, 9.17) is 4.74 Å². The minimum Gasteiger partial charge on any atom is -0.465 e. The van der Waals surface area contributed by atoms with Crippen LogP contribution in [0.25, 0.3) is 0 Å². The summed E-state index contributed by atoms with van der Waals surface area (Å²) in [7, 11) is 0. The van der Waals surface area contributed by atoms with Gasteiger partial charge in [0, 0.05) is 6.54 Å². The number of amides is 1. The van der Waals surface area contributed by atoms with Crippen LogP contribution in [0, 0.1) is 17.3 Å². The molecule has 6 heteroatoms. The van der Waals surface area contributed by atoms with Gasteiger partial charge in [-0.25, -0.2) is 5.01 Å². The van der Waals surface area contributed by atoms with E-state index in [9.17, 15) is 14.7 Å². The maximum absolute atomic E-state index is 12.6. The van der Waals surface area contributed by atoms with Crippen molar-refractivity contribution in [1.29, 1.82) is 0 Å². The van der Waals surface area contributed by atoms with Crippen molar-refractivity contribution in [2.75, 3.05) is 13.2 Å². The summed E-state index contributed by atoms with van der Waals surface area (Å²) in [6, 6.07) is 0.